The van der Waals surface area contributed by atoms with E-state index in [0.717, 1.165) is 35.0 Å². The molecular formula is C26H21ClF3N3O2S. The van der Waals surface area contributed by atoms with E-state index < -0.39 is 22.9 Å². The topological polar surface area (TPSA) is 61.8 Å². The van der Waals surface area contributed by atoms with Crippen molar-refractivity contribution in [2.75, 3.05) is 5.32 Å². The quantitative estimate of drug-likeness (QED) is 0.392. The molecule has 0 aromatic heterocycles. The fourth-order valence-electron chi connectivity index (χ4n) is 3.52. The minimum atomic E-state index is -4.53. The summed E-state index contributed by atoms with van der Waals surface area (Å²) in [7, 11) is 0. The van der Waals surface area contributed by atoms with Gasteiger partial charge in [0.05, 0.1) is 17.8 Å². The number of hydrogen-bond acceptors (Lipinski definition) is 4. The van der Waals surface area contributed by atoms with Crippen LogP contribution in [0, 0.1) is 6.92 Å². The molecule has 1 N–H and O–H groups in total. The maximum Gasteiger partial charge on any atom is 0.416 e. The van der Waals surface area contributed by atoms with Crippen LogP contribution in [0.25, 0.3) is 0 Å². The van der Waals surface area contributed by atoms with Gasteiger partial charge in [0.25, 0.3) is 0 Å². The first-order chi connectivity index (χ1) is 17.1. The van der Waals surface area contributed by atoms with E-state index in [1.807, 2.05) is 37.3 Å². The number of amides is 2. The number of hydrogen-bond donors (Lipinski definition) is 1. The first-order valence-corrected chi connectivity index (χ1v) is 12.2. The molecule has 186 valence electrons. The van der Waals surface area contributed by atoms with E-state index in [-0.39, 0.29) is 29.7 Å². The molecule has 36 heavy (non-hydrogen) atoms. The zero-order valence-electron chi connectivity index (χ0n) is 19.1. The third-order valence-corrected chi connectivity index (χ3v) is 7.05. The highest BCUT2D eigenvalue weighted by molar-refractivity contribution is 8.15. The molecule has 1 unspecified atom stereocenters. The number of carbonyl (C=O) groups is 2. The highest BCUT2D eigenvalue weighted by Crippen LogP contribution is 2.34. The molecule has 0 saturated carbocycles. The predicted molar refractivity (Wildman–Crippen MR) is 136 cm³/mol. The Bertz CT molecular complexity index is 1320. The largest absolute Gasteiger partial charge is 0.416 e. The SMILES string of the molecule is Cc1ccc(NC(=O)C2CC(=O)N(Cc3ccccc3)C(=Nc3cccc(C(F)(F)F)c3)S2)cc1Cl. The maximum absolute atomic E-state index is 13.2. The van der Waals surface area contributed by atoms with Crippen LogP contribution in [0.2, 0.25) is 5.02 Å². The summed E-state index contributed by atoms with van der Waals surface area (Å²) in [6.07, 6.45) is -4.63. The van der Waals surface area contributed by atoms with Gasteiger partial charge in [-0.05, 0) is 48.4 Å². The third kappa shape index (κ3) is 6.27. The van der Waals surface area contributed by atoms with E-state index >= 15 is 0 Å². The van der Waals surface area contributed by atoms with E-state index in [9.17, 15) is 22.8 Å². The van der Waals surface area contributed by atoms with Gasteiger partial charge in [-0.25, -0.2) is 4.99 Å². The van der Waals surface area contributed by atoms with E-state index in [4.69, 9.17) is 11.6 Å². The molecule has 5 nitrogen and oxygen atoms in total. The number of carbonyl (C=O) groups excluding carboxylic acids is 2. The fraction of sp³-hybridized carbons (Fsp3) is 0.192. The summed E-state index contributed by atoms with van der Waals surface area (Å²) in [5.74, 6) is -0.783. The van der Waals surface area contributed by atoms with Crippen LogP contribution in [-0.4, -0.2) is 27.1 Å². The monoisotopic (exact) mass is 531 g/mol. The Morgan fingerprint density at radius 1 is 1.11 bits per heavy atom. The number of nitrogens with one attached hydrogen (secondary N) is 1. The lowest BCUT2D eigenvalue weighted by Gasteiger charge is -2.32. The zero-order chi connectivity index (χ0) is 25.9. The van der Waals surface area contributed by atoms with Gasteiger partial charge in [0.15, 0.2) is 5.17 Å². The number of thioether (sulfide) groups is 1. The Balaban J connectivity index is 1.63. The molecule has 1 aliphatic rings. The molecule has 0 aliphatic carbocycles. The molecule has 1 aliphatic heterocycles. The lowest BCUT2D eigenvalue weighted by atomic mass is 10.2. The van der Waals surface area contributed by atoms with Gasteiger partial charge in [-0.3, -0.25) is 14.5 Å². The second-order valence-electron chi connectivity index (χ2n) is 8.17. The summed E-state index contributed by atoms with van der Waals surface area (Å²) in [6.45, 7) is 2.01. The van der Waals surface area contributed by atoms with E-state index in [0.29, 0.717) is 10.7 Å². The molecule has 4 rings (SSSR count). The number of alkyl halides is 3. The first-order valence-electron chi connectivity index (χ1n) is 10.9. The summed E-state index contributed by atoms with van der Waals surface area (Å²) in [6, 6.07) is 18.8. The average Bonchev–Trinajstić information content (AvgIpc) is 2.83. The summed E-state index contributed by atoms with van der Waals surface area (Å²) < 4.78 is 39.7. The number of benzene rings is 3. The molecule has 1 heterocycles. The van der Waals surface area contributed by atoms with Gasteiger partial charge in [-0.15, -0.1) is 0 Å². The van der Waals surface area contributed by atoms with Crippen molar-refractivity contribution < 1.29 is 22.8 Å². The maximum atomic E-state index is 13.2. The van der Waals surface area contributed by atoms with Crippen LogP contribution < -0.4 is 5.32 Å². The minimum Gasteiger partial charge on any atom is -0.325 e. The van der Waals surface area contributed by atoms with Crippen molar-refractivity contribution in [2.24, 2.45) is 4.99 Å². The fourth-order valence-corrected chi connectivity index (χ4v) is 4.80. The molecule has 3 aromatic carbocycles. The van der Waals surface area contributed by atoms with E-state index in [1.165, 1.54) is 17.0 Å². The van der Waals surface area contributed by atoms with Crippen molar-refractivity contribution in [3.8, 4) is 0 Å². The highest BCUT2D eigenvalue weighted by Gasteiger charge is 2.36. The second kappa shape index (κ2) is 10.8. The molecule has 0 radical (unpaired) electrons. The van der Waals surface area contributed by atoms with Crippen molar-refractivity contribution in [3.63, 3.8) is 0 Å². The average molecular weight is 532 g/mol. The van der Waals surface area contributed by atoms with Crippen molar-refractivity contribution in [3.05, 3.63) is 94.5 Å². The number of nitrogens with zero attached hydrogens (tertiary/aromatic N) is 2. The second-order valence-corrected chi connectivity index (χ2v) is 9.75. The molecule has 1 saturated heterocycles. The molecule has 1 atom stereocenters. The van der Waals surface area contributed by atoms with Gasteiger partial charge < -0.3 is 5.32 Å². The van der Waals surface area contributed by atoms with Crippen molar-refractivity contribution in [1.82, 2.24) is 4.90 Å². The van der Waals surface area contributed by atoms with Gasteiger partial charge in [0.2, 0.25) is 11.8 Å². The van der Waals surface area contributed by atoms with Gasteiger partial charge in [-0.1, -0.05) is 65.8 Å². The number of halogens is 4. The third-order valence-electron chi connectivity index (χ3n) is 5.45. The van der Waals surface area contributed by atoms with Crippen LogP contribution in [0.15, 0.2) is 77.8 Å². The summed E-state index contributed by atoms with van der Waals surface area (Å²) >= 11 is 7.18. The summed E-state index contributed by atoms with van der Waals surface area (Å²) in [4.78, 5) is 31.9. The van der Waals surface area contributed by atoms with E-state index in [1.54, 1.807) is 18.2 Å². The van der Waals surface area contributed by atoms with Gasteiger partial charge in [0, 0.05) is 17.1 Å². The van der Waals surface area contributed by atoms with Crippen LogP contribution >= 0.6 is 23.4 Å². The van der Waals surface area contributed by atoms with Gasteiger partial charge in [-0.2, -0.15) is 13.2 Å². The Hall–Kier alpha value is -3.30. The van der Waals surface area contributed by atoms with Crippen molar-refractivity contribution >= 4 is 51.7 Å². The lowest BCUT2D eigenvalue weighted by Crippen LogP contribution is -2.44. The standard InChI is InChI=1S/C26H21ClF3N3O2S/c1-16-10-11-20(13-21(16)27)31-24(35)22-14-23(34)33(15-17-6-3-2-4-7-17)25(36-22)32-19-9-5-8-18(12-19)26(28,29)30/h2-13,22H,14-15H2,1H3,(H,31,35). The number of aliphatic imine (C=N–C) groups is 1. The molecule has 10 heteroatoms. The first kappa shape index (κ1) is 25.8. The predicted octanol–water partition coefficient (Wildman–Crippen LogP) is 6.83. The van der Waals surface area contributed by atoms with Crippen LogP contribution in [0.3, 0.4) is 0 Å². The normalized spacial score (nSPS) is 17.4. The smallest absolute Gasteiger partial charge is 0.325 e. The molecule has 1 fully saturated rings. The minimum absolute atomic E-state index is 0.0320. The van der Waals surface area contributed by atoms with Crippen molar-refractivity contribution in [2.45, 2.75) is 31.3 Å². The van der Waals surface area contributed by atoms with Crippen LogP contribution in [0.5, 0.6) is 0 Å². The van der Waals surface area contributed by atoms with E-state index in [2.05, 4.69) is 10.3 Å². The summed E-state index contributed by atoms with van der Waals surface area (Å²) in [5, 5.41) is 2.57. The number of anilines is 1. The zero-order valence-corrected chi connectivity index (χ0v) is 20.6. The number of aryl methyl sites for hydroxylation is 1. The highest BCUT2D eigenvalue weighted by atomic mass is 35.5. The molecular weight excluding hydrogens is 511 g/mol. The number of amidine groups is 1. The molecule has 3 aromatic rings. The lowest BCUT2D eigenvalue weighted by molar-refractivity contribution is -0.137. The summed E-state index contributed by atoms with van der Waals surface area (Å²) in [5.41, 5.74) is 1.33. The Morgan fingerprint density at radius 3 is 2.56 bits per heavy atom. The number of rotatable bonds is 5. The Labute approximate surface area is 215 Å². The van der Waals surface area contributed by atoms with Crippen LogP contribution in [0.1, 0.15) is 23.1 Å². The molecule has 0 spiro atoms. The Morgan fingerprint density at radius 2 is 1.86 bits per heavy atom. The Kier molecular flexibility index (Phi) is 7.70. The van der Waals surface area contributed by atoms with Crippen LogP contribution in [0.4, 0.5) is 24.5 Å². The van der Waals surface area contributed by atoms with Gasteiger partial charge >= 0.3 is 6.18 Å². The molecule has 0 bridgehead atoms. The molecule has 2 amide bonds. The van der Waals surface area contributed by atoms with Crippen molar-refractivity contribution in [1.29, 1.82) is 0 Å². The van der Waals surface area contributed by atoms with Gasteiger partial charge in [0.1, 0.15) is 5.25 Å². The van der Waals surface area contributed by atoms with Crippen LogP contribution in [-0.2, 0) is 22.3 Å².